The van der Waals surface area contributed by atoms with Crippen molar-refractivity contribution in [2.45, 2.75) is 11.4 Å². The van der Waals surface area contributed by atoms with E-state index < -0.39 is 14.8 Å². The Labute approximate surface area is 142 Å². The number of anilines is 1. The van der Waals surface area contributed by atoms with E-state index in [1.807, 2.05) is 0 Å². The van der Waals surface area contributed by atoms with Gasteiger partial charge in [0, 0.05) is 25.1 Å². The molecule has 0 saturated heterocycles. The second kappa shape index (κ2) is 6.38. The second-order valence-corrected chi connectivity index (χ2v) is 7.68. The first-order valence-corrected chi connectivity index (χ1v) is 8.98. The molecule has 2 aromatic rings. The van der Waals surface area contributed by atoms with Crippen molar-refractivity contribution in [1.82, 2.24) is 4.57 Å². The highest BCUT2D eigenvalue weighted by Crippen LogP contribution is 2.29. The maximum atomic E-state index is 11.5. The molecule has 23 heavy (non-hydrogen) atoms. The number of nitro groups is 1. The Hall–Kier alpha value is -1.77. The van der Waals surface area contributed by atoms with Crippen molar-refractivity contribution < 1.29 is 13.3 Å². The summed E-state index contributed by atoms with van der Waals surface area (Å²) in [5.74, 6) is 0. The minimum absolute atomic E-state index is 0.111. The van der Waals surface area contributed by atoms with Gasteiger partial charge < -0.3 is 9.88 Å². The van der Waals surface area contributed by atoms with Gasteiger partial charge in [0.25, 0.3) is 5.69 Å². The molecular weight excluding hydrogens is 365 g/mol. The summed E-state index contributed by atoms with van der Waals surface area (Å²) >= 11 is 11.9. The van der Waals surface area contributed by atoms with Crippen LogP contribution < -0.4 is 5.32 Å². The highest BCUT2D eigenvalue weighted by Gasteiger charge is 2.19. The van der Waals surface area contributed by atoms with Crippen molar-refractivity contribution >= 4 is 44.4 Å². The van der Waals surface area contributed by atoms with Crippen LogP contribution >= 0.6 is 23.2 Å². The number of nitro benzene ring substituents is 1. The van der Waals surface area contributed by atoms with Gasteiger partial charge in [-0.05, 0) is 18.2 Å². The molecule has 1 N–H and O–H groups in total. The molecule has 1 aromatic heterocycles. The molecule has 0 aliphatic heterocycles. The van der Waals surface area contributed by atoms with Gasteiger partial charge in [0.05, 0.1) is 21.4 Å². The third kappa shape index (κ3) is 3.77. The van der Waals surface area contributed by atoms with Gasteiger partial charge in [-0.15, -0.1) is 0 Å². The van der Waals surface area contributed by atoms with E-state index in [1.54, 1.807) is 17.7 Å². The summed E-state index contributed by atoms with van der Waals surface area (Å²) in [6.07, 6.45) is 0.993. The van der Waals surface area contributed by atoms with Gasteiger partial charge in [0.1, 0.15) is 10.8 Å². The van der Waals surface area contributed by atoms with Crippen LogP contribution in [0.25, 0.3) is 0 Å². The van der Waals surface area contributed by atoms with E-state index in [0.29, 0.717) is 10.2 Å². The summed E-state index contributed by atoms with van der Waals surface area (Å²) in [7, 11) is -1.81. The highest BCUT2D eigenvalue weighted by molar-refractivity contribution is 7.90. The first kappa shape index (κ1) is 17.6. The van der Waals surface area contributed by atoms with Gasteiger partial charge in [-0.3, -0.25) is 10.1 Å². The number of benzene rings is 1. The van der Waals surface area contributed by atoms with Crippen LogP contribution in [-0.2, 0) is 23.4 Å². The lowest BCUT2D eigenvalue weighted by Gasteiger charge is -2.09. The van der Waals surface area contributed by atoms with E-state index in [4.69, 9.17) is 23.2 Å². The van der Waals surface area contributed by atoms with Gasteiger partial charge in [-0.1, -0.05) is 23.2 Å². The zero-order chi connectivity index (χ0) is 17.4. The van der Waals surface area contributed by atoms with Crippen LogP contribution in [0.1, 0.15) is 5.69 Å². The first-order valence-electron chi connectivity index (χ1n) is 6.33. The Balaban J connectivity index is 2.32. The second-order valence-electron chi connectivity index (χ2n) is 4.90. The first-order chi connectivity index (χ1) is 10.6. The average Bonchev–Trinajstić information content (AvgIpc) is 2.71. The van der Waals surface area contributed by atoms with E-state index in [0.717, 1.165) is 18.0 Å². The van der Waals surface area contributed by atoms with E-state index in [2.05, 4.69) is 5.32 Å². The molecule has 1 heterocycles. The molecule has 0 unspecified atom stereocenters. The molecule has 0 fully saturated rings. The van der Waals surface area contributed by atoms with Crippen LogP contribution in [0, 0.1) is 10.1 Å². The maximum Gasteiger partial charge on any atom is 0.293 e. The molecule has 0 bridgehead atoms. The molecule has 0 aliphatic carbocycles. The fourth-order valence-electron chi connectivity index (χ4n) is 1.99. The molecule has 10 heteroatoms. The molecule has 124 valence electrons. The number of nitrogens with one attached hydrogen (secondary N) is 1. The van der Waals surface area contributed by atoms with E-state index in [9.17, 15) is 18.5 Å². The molecule has 1 aromatic carbocycles. The maximum absolute atomic E-state index is 11.5. The van der Waals surface area contributed by atoms with Crippen LogP contribution in [-0.4, -0.2) is 24.2 Å². The number of rotatable bonds is 5. The monoisotopic (exact) mass is 377 g/mol. The number of hydrogen-bond acceptors (Lipinski definition) is 5. The third-order valence-electron chi connectivity index (χ3n) is 3.27. The van der Waals surface area contributed by atoms with Crippen molar-refractivity contribution in [3.63, 3.8) is 0 Å². The molecule has 0 aliphatic rings. The Kier molecular flexibility index (Phi) is 4.88. The van der Waals surface area contributed by atoms with Crippen molar-refractivity contribution in [2.24, 2.45) is 7.05 Å². The van der Waals surface area contributed by atoms with Gasteiger partial charge >= 0.3 is 0 Å². The summed E-state index contributed by atoms with van der Waals surface area (Å²) in [5.41, 5.74) is 0.608. The predicted molar refractivity (Wildman–Crippen MR) is 89.0 cm³/mol. The SMILES string of the molecule is Cn1c(CNc2ccc(S(C)(=O)=O)cc2[N+](=O)[O-])cc(Cl)c1Cl. The molecule has 2 rings (SSSR count). The van der Waals surface area contributed by atoms with Crippen molar-refractivity contribution in [2.75, 3.05) is 11.6 Å². The quantitative estimate of drug-likeness (QED) is 0.637. The largest absolute Gasteiger partial charge is 0.374 e. The molecule has 0 radical (unpaired) electrons. The normalized spacial score (nSPS) is 11.5. The molecule has 0 amide bonds. The zero-order valence-electron chi connectivity index (χ0n) is 12.2. The lowest BCUT2D eigenvalue weighted by Crippen LogP contribution is -2.07. The van der Waals surface area contributed by atoms with Crippen LogP contribution in [0.4, 0.5) is 11.4 Å². The number of nitrogens with zero attached hydrogens (tertiary/aromatic N) is 2. The fraction of sp³-hybridized carbons (Fsp3) is 0.231. The van der Waals surface area contributed by atoms with Crippen molar-refractivity contribution in [3.8, 4) is 0 Å². The summed E-state index contributed by atoms with van der Waals surface area (Å²) in [6.45, 7) is 0.238. The van der Waals surface area contributed by atoms with Gasteiger partial charge in [0.2, 0.25) is 0 Å². The number of hydrogen-bond donors (Lipinski definition) is 1. The van der Waals surface area contributed by atoms with Gasteiger partial charge in [0.15, 0.2) is 9.84 Å². The fourth-order valence-corrected chi connectivity index (χ4v) is 3.04. The van der Waals surface area contributed by atoms with E-state index in [-0.39, 0.29) is 22.8 Å². The van der Waals surface area contributed by atoms with Gasteiger partial charge in [-0.2, -0.15) is 0 Å². The zero-order valence-corrected chi connectivity index (χ0v) is 14.5. The van der Waals surface area contributed by atoms with E-state index in [1.165, 1.54) is 12.1 Å². The number of sulfone groups is 1. The molecule has 0 saturated carbocycles. The van der Waals surface area contributed by atoms with Crippen LogP contribution in [0.2, 0.25) is 10.2 Å². The van der Waals surface area contributed by atoms with Gasteiger partial charge in [-0.25, -0.2) is 8.42 Å². The Morgan fingerprint density at radius 1 is 1.30 bits per heavy atom. The minimum Gasteiger partial charge on any atom is -0.374 e. The topological polar surface area (TPSA) is 94.2 Å². The smallest absolute Gasteiger partial charge is 0.293 e. The number of halogens is 2. The summed E-state index contributed by atoms with van der Waals surface area (Å²) < 4.78 is 24.7. The lowest BCUT2D eigenvalue weighted by atomic mass is 10.2. The van der Waals surface area contributed by atoms with Crippen molar-refractivity contribution in [1.29, 1.82) is 0 Å². The third-order valence-corrected chi connectivity index (χ3v) is 5.22. The average molecular weight is 378 g/mol. The molecule has 7 nitrogen and oxygen atoms in total. The summed E-state index contributed by atoms with van der Waals surface area (Å²) in [4.78, 5) is 10.4. The Morgan fingerprint density at radius 2 is 1.96 bits per heavy atom. The van der Waals surface area contributed by atoms with Crippen molar-refractivity contribution in [3.05, 3.63) is 50.2 Å². The predicted octanol–water partition coefficient (Wildman–Crippen LogP) is 3.26. The Bertz CT molecular complexity index is 878. The lowest BCUT2D eigenvalue weighted by molar-refractivity contribution is -0.384. The Morgan fingerprint density at radius 3 is 2.43 bits per heavy atom. The minimum atomic E-state index is -3.52. The van der Waals surface area contributed by atoms with E-state index >= 15 is 0 Å². The summed E-state index contributed by atoms with van der Waals surface area (Å²) in [5, 5.41) is 14.8. The van der Waals surface area contributed by atoms with Crippen LogP contribution in [0.15, 0.2) is 29.2 Å². The molecular formula is C13H13Cl2N3O4S. The molecule has 0 spiro atoms. The van der Waals surface area contributed by atoms with Crippen LogP contribution in [0.5, 0.6) is 0 Å². The van der Waals surface area contributed by atoms with Crippen LogP contribution in [0.3, 0.4) is 0 Å². The summed E-state index contributed by atoms with van der Waals surface area (Å²) in [6, 6.07) is 5.35. The highest BCUT2D eigenvalue weighted by atomic mass is 35.5. The molecule has 0 atom stereocenters. The standard InChI is InChI=1S/C13H13Cl2N3O4S/c1-17-8(5-10(14)13(17)15)7-16-11-4-3-9(23(2,21)22)6-12(11)18(19)20/h3-6,16H,7H2,1-2H3. The number of aromatic nitrogens is 1.